The molecule has 0 saturated carbocycles. The molecule has 2 heterocycles. The molecule has 0 N–H and O–H groups in total. The Labute approximate surface area is 222 Å². The molecular weight excluding hydrogens is 516 g/mol. The maximum absolute atomic E-state index is 13.7. The van der Waals surface area contributed by atoms with Crippen LogP contribution >= 0.6 is 22.9 Å². The number of aromatic nitrogens is 1. The van der Waals surface area contributed by atoms with E-state index in [1.54, 1.807) is 51.1 Å². The average molecular weight is 541 g/mol. The molecule has 10 heteroatoms. The molecule has 4 rings (SSSR count). The third-order valence-corrected chi connectivity index (χ3v) is 6.87. The highest BCUT2D eigenvalue weighted by Crippen LogP contribution is 2.36. The summed E-state index contributed by atoms with van der Waals surface area (Å²) in [6.45, 7) is 7.00. The van der Waals surface area contributed by atoms with E-state index in [1.165, 1.54) is 22.8 Å². The van der Waals surface area contributed by atoms with Gasteiger partial charge in [-0.15, -0.1) is 0 Å². The highest BCUT2D eigenvalue weighted by molar-refractivity contribution is 7.07. The third kappa shape index (κ3) is 5.38. The maximum atomic E-state index is 13.7. The standard InChI is InChI=1S/C27H25ClN2O6S/c1-5-34-21-13-18(11-12-20(21)36-16(4)31)24-23(26(33)35-6-2)15(3)29-27-30(24)25(32)22(37-27)14-17-9-7-8-10-19(17)28/h7-14,24H,5-6H2,1-4H3/b22-14+. The first-order chi connectivity index (χ1) is 17.7. The number of halogens is 1. The van der Waals surface area contributed by atoms with E-state index >= 15 is 0 Å². The Hall–Kier alpha value is -3.69. The summed E-state index contributed by atoms with van der Waals surface area (Å²) in [5.74, 6) is -0.519. The van der Waals surface area contributed by atoms with E-state index in [2.05, 4.69) is 4.99 Å². The Morgan fingerprint density at radius 2 is 1.89 bits per heavy atom. The van der Waals surface area contributed by atoms with Crippen molar-refractivity contribution in [3.63, 3.8) is 0 Å². The van der Waals surface area contributed by atoms with Gasteiger partial charge in [0.25, 0.3) is 5.56 Å². The molecule has 1 unspecified atom stereocenters. The number of nitrogens with zero attached hydrogens (tertiary/aromatic N) is 2. The Kier molecular flexibility index (Phi) is 7.94. The number of hydrogen-bond acceptors (Lipinski definition) is 8. The van der Waals surface area contributed by atoms with E-state index in [9.17, 15) is 14.4 Å². The fourth-order valence-corrected chi connectivity index (χ4v) is 5.27. The quantitative estimate of drug-likeness (QED) is 0.334. The fraction of sp³-hybridized carbons (Fsp3) is 0.259. The van der Waals surface area contributed by atoms with Gasteiger partial charge < -0.3 is 14.2 Å². The molecule has 0 bridgehead atoms. The van der Waals surface area contributed by atoms with Crippen LogP contribution in [0, 0.1) is 0 Å². The summed E-state index contributed by atoms with van der Waals surface area (Å²) in [4.78, 5) is 43.4. The molecule has 1 aliphatic rings. The smallest absolute Gasteiger partial charge is 0.338 e. The predicted molar refractivity (Wildman–Crippen MR) is 141 cm³/mol. The normalized spacial score (nSPS) is 15.2. The number of esters is 2. The second-order valence-corrected chi connectivity index (χ2v) is 9.47. The van der Waals surface area contributed by atoms with Crippen LogP contribution in [-0.4, -0.2) is 29.7 Å². The number of benzene rings is 2. The van der Waals surface area contributed by atoms with E-state index in [0.717, 1.165) is 0 Å². The number of fused-ring (bicyclic) bond motifs is 1. The van der Waals surface area contributed by atoms with Gasteiger partial charge in [0.2, 0.25) is 0 Å². The van der Waals surface area contributed by atoms with Gasteiger partial charge in [0, 0.05) is 11.9 Å². The highest BCUT2D eigenvalue weighted by atomic mass is 35.5. The van der Waals surface area contributed by atoms with Crippen LogP contribution in [0.2, 0.25) is 5.02 Å². The van der Waals surface area contributed by atoms with Gasteiger partial charge in [-0.25, -0.2) is 9.79 Å². The van der Waals surface area contributed by atoms with Crippen molar-refractivity contribution in [1.82, 2.24) is 4.57 Å². The first-order valence-electron chi connectivity index (χ1n) is 11.6. The lowest BCUT2D eigenvalue weighted by molar-refractivity contribution is -0.139. The Balaban J connectivity index is 1.97. The van der Waals surface area contributed by atoms with Crippen LogP contribution in [0.5, 0.6) is 11.5 Å². The molecule has 0 spiro atoms. The maximum Gasteiger partial charge on any atom is 0.338 e. The lowest BCUT2D eigenvalue weighted by atomic mass is 9.95. The molecular formula is C27H25ClN2O6S. The van der Waals surface area contributed by atoms with Crippen LogP contribution in [0.25, 0.3) is 6.08 Å². The SMILES string of the molecule is CCOC(=O)C1=C(C)N=c2s/c(=C/c3ccccc3Cl)c(=O)n2C1c1ccc(OC(C)=O)c(OCC)c1. The Morgan fingerprint density at radius 3 is 2.57 bits per heavy atom. The number of allylic oxidation sites excluding steroid dienone is 1. The van der Waals surface area contributed by atoms with Crippen LogP contribution < -0.4 is 24.4 Å². The van der Waals surface area contributed by atoms with Crippen LogP contribution in [-0.2, 0) is 14.3 Å². The van der Waals surface area contributed by atoms with Crippen molar-refractivity contribution in [3.8, 4) is 11.5 Å². The molecule has 1 atom stereocenters. The van der Waals surface area contributed by atoms with E-state index in [1.807, 2.05) is 18.2 Å². The lowest BCUT2D eigenvalue weighted by Gasteiger charge is -2.25. The minimum absolute atomic E-state index is 0.162. The summed E-state index contributed by atoms with van der Waals surface area (Å²) in [6.07, 6.45) is 1.71. The number of ether oxygens (including phenoxy) is 3. The van der Waals surface area contributed by atoms with Crippen molar-refractivity contribution >= 4 is 41.0 Å². The van der Waals surface area contributed by atoms with Crippen molar-refractivity contribution in [3.05, 3.63) is 89.6 Å². The number of rotatable bonds is 7. The molecule has 192 valence electrons. The fourth-order valence-electron chi connectivity index (χ4n) is 4.04. The van der Waals surface area contributed by atoms with E-state index in [4.69, 9.17) is 25.8 Å². The summed E-state index contributed by atoms with van der Waals surface area (Å²) >= 11 is 7.52. The molecule has 1 aliphatic heterocycles. The molecule has 0 fully saturated rings. The lowest BCUT2D eigenvalue weighted by Crippen LogP contribution is -2.40. The van der Waals surface area contributed by atoms with Crippen molar-refractivity contribution in [2.45, 2.75) is 33.7 Å². The van der Waals surface area contributed by atoms with Crippen LogP contribution in [0.1, 0.15) is 44.9 Å². The Morgan fingerprint density at radius 1 is 1.14 bits per heavy atom. The van der Waals surface area contributed by atoms with Gasteiger partial charge in [0.05, 0.1) is 35.1 Å². The molecule has 0 amide bonds. The number of carbonyl (C=O) groups excluding carboxylic acids is 2. The minimum atomic E-state index is -0.839. The molecule has 3 aromatic rings. The second kappa shape index (κ2) is 11.1. The first kappa shape index (κ1) is 26.4. The molecule has 0 saturated heterocycles. The van der Waals surface area contributed by atoms with E-state index in [0.29, 0.717) is 43.5 Å². The van der Waals surface area contributed by atoms with Crippen LogP contribution in [0.3, 0.4) is 0 Å². The third-order valence-electron chi connectivity index (χ3n) is 5.55. The first-order valence-corrected chi connectivity index (χ1v) is 12.8. The van der Waals surface area contributed by atoms with E-state index < -0.39 is 18.0 Å². The van der Waals surface area contributed by atoms with Crippen molar-refractivity contribution in [2.75, 3.05) is 13.2 Å². The van der Waals surface area contributed by atoms with Crippen molar-refractivity contribution < 1.29 is 23.8 Å². The van der Waals surface area contributed by atoms with Crippen molar-refractivity contribution in [2.24, 2.45) is 4.99 Å². The predicted octanol–water partition coefficient (Wildman–Crippen LogP) is 3.78. The van der Waals surface area contributed by atoms with E-state index in [-0.39, 0.29) is 23.5 Å². The highest BCUT2D eigenvalue weighted by Gasteiger charge is 2.34. The largest absolute Gasteiger partial charge is 0.490 e. The van der Waals surface area contributed by atoms with Gasteiger partial charge in [-0.1, -0.05) is 47.2 Å². The monoisotopic (exact) mass is 540 g/mol. The number of carbonyl (C=O) groups is 2. The minimum Gasteiger partial charge on any atom is -0.490 e. The molecule has 0 aliphatic carbocycles. The van der Waals surface area contributed by atoms with Gasteiger partial charge in [-0.05, 0) is 56.2 Å². The van der Waals surface area contributed by atoms with Gasteiger partial charge in [0.15, 0.2) is 16.3 Å². The van der Waals surface area contributed by atoms with Gasteiger partial charge in [0.1, 0.15) is 0 Å². The zero-order valence-electron chi connectivity index (χ0n) is 20.7. The second-order valence-electron chi connectivity index (χ2n) is 8.06. The zero-order chi connectivity index (χ0) is 26.7. The van der Waals surface area contributed by atoms with Crippen LogP contribution in [0.15, 0.2) is 63.5 Å². The topological polar surface area (TPSA) is 96.2 Å². The van der Waals surface area contributed by atoms with Crippen molar-refractivity contribution in [1.29, 1.82) is 0 Å². The number of thiazole rings is 1. The average Bonchev–Trinajstić information content (AvgIpc) is 3.15. The molecule has 8 nitrogen and oxygen atoms in total. The molecule has 2 aromatic carbocycles. The van der Waals surface area contributed by atoms with Gasteiger partial charge in [-0.3, -0.25) is 14.2 Å². The summed E-state index contributed by atoms with van der Waals surface area (Å²) in [6, 6.07) is 11.3. The zero-order valence-corrected chi connectivity index (χ0v) is 22.3. The summed E-state index contributed by atoms with van der Waals surface area (Å²) in [5, 5.41) is 0.510. The molecule has 37 heavy (non-hydrogen) atoms. The Bertz CT molecular complexity index is 1590. The number of hydrogen-bond donors (Lipinski definition) is 0. The van der Waals surface area contributed by atoms with Gasteiger partial charge >= 0.3 is 11.9 Å². The molecule has 1 aromatic heterocycles. The van der Waals surface area contributed by atoms with Crippen LogP contribution in [0.4, 0.5) is 0 Å². The van der Waals surface area contributed by atoms with Gasteiger partial charge in [-0.2, -0.15) is 0 Å². The summed E-state index contributed by atoms with van der Waals surface area (Å²) in [5.41, 5.74) is 1.61. The summed E-state index contributed by atoms with van der Waals surface area (Å²) < 4.78 is 18.2. The molecule has 0 radical (unpaired) electrons. The summed E-state index contributed by atoms with van der Waals surface area (Å²) in [7, 11) is 0.